The van der Waals surface area contributed by atoms with Crippen molar-refractivity contribution < 1.29 is 9.59 Å². The highest BCUT2D eigenvalue weighted by Gasteiger charge is 2.26. The van der Waals surface area contributed by atoms with Crippen molar-refractivity contribution in [1.82, 2.24) is 29.3 Å². The summed E-state index contributed by atoms with van der Waals surface area (Å²) >= 11 is 0. The zero-order valence-electron chi connectivity index (χ0n) is 22.9. The summed E-state index contributed by atoms with van der Waals surface area (Å²) in [5.41, 5.74) is 12.2. The number of nitrogens with two attached hydrogens (primary N) is 1. The van der Waals surface area contributed by atoms with E-state index in [-0.39, 0.29) is 11.8 Å². The van der Waals surface area contributed by atoms with Crippen LogP contribution >= 0.6 is 0 Å². The molecule has 3 N–H and O–H groups in total. The van der Waals surface area contributed by atoms with Gasteiger partial charge in [0, 0.05) is 49.6 Å². The summed E-state index contributed by atoms with van der Waals surface area (Å²) in [5.74, 6) is 0.489. The fourth-order valence-electron chi connectivity index (χ4n) is 5.48. The fourth-order valence-corrected chi connectivity index (χ4v) is 5.48. The van der Waals surface area contributed by atoms with Crippen molar-refractivity contribution in [3.63, 3.8) is 0 Å². The lowest BCUT2D eigenvalue weighted by atomic mass is 9.94. The van der Waals surface area contributed by atoms with E-state index in [2.05, 4.69) is 20.3 Å². The van der Waals surface area contributed by atoms with Crippen molar-refractivity contribution in [2.24, 2.45) is 5.73 Å². The maximum atomic E-state index is 13.4. The average molecular weight is 549 g/mol. The molecule has 10 nitrogen and oxygen atoms in total. The van der Waals surface area contributed by atoms with E-state index in [1.165, 1.54) is 6.20 Å². The number of benzene rings is 2. The second-order valence-electron chi connectivity index (χ2n) is 10.5. The number of aromatic nitrogens is 5. The summed E-state index contributed by atoms with van der Waals surface area (Å²) in [4.78, 5) is 31.6. The number of aryl methyl sites for hydroxylation is 1. The molecule has 0 radical (unpaired) electrons. The van der Waals surface area contributed by atoms with Gasteiger partial charge in [-0.3, -0.25) is 14.5 Å². The number of nitrogens with one attached hydrogen (secondary N) is 1. The molecular formula is C31H32N8O2. The maximum absolute atomic E-state index is 13.4. The van der Waals surface area contributed by atoms with E-state index in [1.807, 2.05) is 55.5 Å². The minimum atomic E-state index is -0.296. The Labute approximate surface area is 237 Å². The molecule has 1 unspecified atom stereocenters. The van der Waals surface area contributed by atoms with E-state index >= 15 is 0 Å². The molecule has 0 aliphatic carbocycles. The predicted molar refractivity (Wildman–Crippen MR) is 156 cm³/mol. The number of amides is 1. The van der Waals surface area contributed by atoms with Gasteiger partial charge in [0.1, 0.15) is 17.7 Å². The molecule has 1 saturated heterocycles. The third-order valence-corrected chi connectivity index (χ3v) is 7.66. The normalized spacial score (nSPS) is 15.7. The molecule has 0 bridgehead atoms. The first-order valence-electron chi connectivity index (χ1n) is 13.8. The van der Waals surface area contributed by atoms with Crippen LogP contribution in [0.5, 0.6) is 0 Å². The highest BCUT2D eigenvalue weighted by atomic mass is 16.1. The van der Waals surface area contributed by atoms with Gasteiger partial charge < -0.3 is 11.1 Å². The van der Waals surface area contributed by atoms with Gasteiger partial charge in [0.05, 0.1) is 17.6 Å². The quantitative estimate of drug-likeness (QED) is 0.280. The number of nitrogens with zero attached hydrogens (tertiary/aromatic N) is 6. The van der Waals surface area contributed by atoms with E-state index in [4.69, 9.17) is 10.8 Å². The van der Waals surface area contributed by atoms with Gasteiger partial charge in [0.25, 0.3) is 5.91 Å². The van der Waals surface area contributed by atoms with E-state index in [9.17, 15) is 9.59 Å². The SMILES string of the molecule is Cc1ccc(-n2nc(C3CCCN(Cc4ccc(CN)c(C=O)c4)C3)cc2NC(=O)c2cnn3cccnc23)cc1. The summed E-state index contributed by atoms with van der Waals surface area (Å²) in [6, 6.07) is 17.7. The predicted octanol–water partition coefficient (Wildman–Crippen LogP) is 4.13. The number of hydrogen-bond acceptors (Lipinski definition) is 7. The van der Waals surface area contributed by atoms with E-state index in [1.54, 1.807) is 27.7 Å². The second kappa shape index (κ2) is 11.4. The number of rotatable bonds is 8. The average Bonchev–Trinajstić information content (AvgIpc) is 3.62. The highest BCUT2D eigenvalue weighted by Crippen LogP contribution is 2.30. The van der Waals surface area contributed by atoms with Crippen LogP contribution in [0, 0.1) is 6.92 Å². The molecule has 4 heterocycles. The molecule has 208 valence electrons. The lowest BCUT2D eigenvalue weighted by molar-refractivity contribution is 0.102. The molecule has 1 atom stereocenters. The van der Waals surface area contributed by atoms with Crippen LogP contribution in [0.1, 0.15) is 61.9 Å². The van der Waals surface area contributed by atoms with Crippen LogP contribution < -0.4 is 11.1 Å². The van der Waals surface area contributed by atoms with Gasteiger partial charge in [-0.25, -0.2) is 14.2 Å². The Bertz CT molecular complexity index is 1710. The Balaban J connectivity index is 1.27. The van der Waals surface area contributed by atoms with Gasteiger partial charge in [-0.05, 0) is 61.7 Å². The summed E-state index contributed by atoms with van der Waals surface area (Å²) < 4.78 is 3.38. The number of aldehydes is 1. The number of likely N-dealkylation sites (tertiary alicyclic amines) is 1. The zero-order valence-corrected chi connectivity index (χ0v) is 22.9. The number of carbonyl (C=O) groups excluding carboxylic acids is 2. The zero-order chi connectivity index (χ0) is 28.3. The Morgan fingerprint density at radius 2 is 2.02 bits per heavy atom. The van der Waals surface area contributed by atoms with Crippen molar-refractivity contribution in [2.75, 3.05) is 18.4 Å². The van der Waals surface area contributed by atoms with Gasteiger partial charge in [-0.2, -0.15) is 10.2 Å². The van der Waals surface area contributed by atoms with Crippen LogP contribution in [0.2, 0.25) is 0 Å². The van der Waals surface area contributed by atoms with Gasteiger partial charge in [-0.15, -0.1) is 0 Å². The largest absolute Gasteiger partial charge is 0.326 e. The molecule has 0 spiro atoms. The lowest BCUT2D eigenvalue weighted by Gasteiger charge is -2.32. The molecule has 10 heteroatoms. The minimum absolute atomic E-state index is 0.193. The number of piperidine rings is 1. The van der Waals surface area contributed by atoms with Gasteiger partial charge in [-0.1, -0.05) is 29.8 Å². The minimum Gasteiger partial charge on any atom is -0.326 e. The molecule has 2 aromatic carbocycles. The second-order valence-corrected chi connectivity index (χ2v) is 10.5. The van der Waals surface area contributed by atoms with Crippen LogP contribution in [0.25, 0.3) is 11.3 Å². The molecule has 1 fully saturated rings. The Morgan fingerprint density at radius 3 is 2.83 bits per heavy atom. The van der Waals surface area contributed by atoms with E-state index < -0.39 is 0 Å². The van der Waals surface area contributed by atoms with Crippen LogP contribution in [-0.4, -0.2) is 54.6 Å². The van der Waals surface area contributed by atoms with Gasteiger partial charge >= 0.3 is 0 Å². The third kappa shape index (κ3) is 5.52. The molecule has 5 aromatic rings. The Morgan fingerprint density at radius 1 is 1.17 bits per heavy atom. The van der Waals surface area contributed by atoms with Crippen molar-refractivity contribution >= 4 is 23.7 Å². The van der Waals surface area contributed by atoms with Crippen LogP contribution in [0.15, 0.2) is 73.2 Å². The van der Waals surface area contributed by atoms with Gasteiger partial charge in [0.15, 0.2) is 5.65 Å². The van der Waals surface area contributed by atoms with E-state index in [0.29, 0.717) is 29.1 Å². The topological polar surface area (TPSA) is 123 Å². The molecule has 6 rings (SSSR count). The molecule has 1 aliphatic heterocycles. The smallest absolute Gasteiger partial charge is 0.262 e. The van der Waals surface area contributed by atoms with Crippen LogP contribution in [0.4, 0.5) is 5.82 Å². The Kier molecular flexibility index (Phi) is 7.41. The number of anilines is 1. The molecule has 1 aliphatic rings. The van der Waals surface area contributed by atoms with E-state index in [0.717, 1.165) is 66.8 Å². The highest BCUT2D eigenvalue weighted by molar-refractivity contribution is 6.07. The first-order chi connectivity index (χ1) is 20.0. The fraction of sp³-hybridized carbons (Fsp3) is 0.258. The standard InChI is InChI=1S/C31H32N8O2/c1-21-5-9-26(10-6-21)39-29(35-31(41)27-17-34-38-13-3-11-33-30(27)38)15-28(36-39)24-4-2-12-37(19-24)18-22-7-8-23(16-32)25(14-22)20-40/h3,5-11,13-15,17,20,24H,2,4,12,16,18-19,32H2,1H3,(H,35,41). The summed E-state index contributed by atoms with van der Waals surface area (Å²) in [5, 5.41) is 12.3. The number of carbonyl (C=O) groups is 2. The Hall–Kier alpha value is -4.67. The molecule has 3 aromatic heterocycles. The van der Waals surface area contributed by atoms with Crippen molar-refractivity contribution in [3.8, 4) is 5.69 Å². The van der Waals surface area contributed by atoms with Crippen molar-refractivity contribution in [2.45, 2.75) is 38.8 Å². The summed E-state index contributed by atoms with van der Waals surface area (Å²) in [6.45, 7) is 4.92. The van der Waals surface area contributed by atoms with Gasteiger partial charge in [0.2, 0.25) is 0 Å². The van der Waals surface area contributed by atoms with Crippen molar-refractivity contribution in [3.05, 3.63) is 107 Å². The van der Waals surface area contributed by atoms with Crippen molar-refractivity contribution in [1.29, 1.82) is 0 Å². The molecule has 1 amide bonds. The molecule has 41 heavy (non-hydrogen) atoms. The third-order valence-electron chi connectivity index (χ3n) is 7.66. The number of fused-ring (bicyclic) bond motifs is 1. The lowest BCUT2D eigenvalue weighted by Crippen LogP contribution is -2.34. The first-order valence-corrected chi connectivity index (χ1v) is 13.8. The summed E-state index contributed by atoms with van der Waals surface area (Å²) in [6.07, 6.45) is 7.83. The monoisotopic (exact) mass is 548 g/mol. The summed E-state index contributed by atoms with van der Waals surface area (Å²) in [7, 11) is 0. The van der Waals surface area contributed by atoms with Crippen LogP contribution in [-0.2, 0) is 13.1 Å². The first kappa shape index (κ1) is 26.5. The van der Waals surface area contributed by atoms with Crippen LogP contribution in [0.3, 0.4) is 0 Å². The number of hydrogen-bond donors (Lipinski definition) is 2. The molecular weight excluding hydrogens is 516 g/mol. The molecule has 0 saturated carbocycles. The maximum Gasteiger partial charge on any atom is 0.262 e.